The molecule has 128 valence electrons. The SMILES string of the molecule is CCN(C(=O)Cn1c(=O)oc2ccccc21)c1ccc2c(c1)OCO2. The zero-order valence-electron chi connectivity index (χ0n) is 13.6. The van der Waals surface area contributed by atoms with Gasteiger partial charge in [-0.15, -0.1) is 0 Å². The normalized spacial score (nSPS) is 12.5. The molecule has 0 N–H and O–H groups in total. The number of likely N-dealkylation sites (N-methyl/N-ethyl adjacent to an activating group) is 1. The summed E-state index contributed by atoms with van der Waals surface area (Å²) < 4.78 is 17.2. The van der Waals surface area contributed by atoms with Gasteiger partial charge in [-0.05, 0) is 31.2 Å². The summed E-state index contributed by atoms with van der Waals surface area (Å²) in [5.74, 6) is 0.505. The number of benzene rings is 2. The predicted molar refractivity (Wildman–Crippen MR) is 91.1 cm³/mol. The lowest BCUT2D eigenvalue weighted by Gasteiger charge is -2.21. The second kappa shape index (κ2) is 6.01. The number of fused-ring (bicyclic) bond motifs is 2. The lowest BCUT2D eigenvalue weighted by molar-refractivity contribution is -0.119. The van der Waals surface area contributed by atoms with Gasteiger partial charge >= 0.3 is 5.76 Å². The number of carbonyl (C=O) groups is 1. The molecular formula is C18H16N2O5. The molecule has 2 heterocycles. The van der Waals surface area contributed by atoms with Gasteiger partial charge in [0.15, 0.2) is 17.1 Å². The monoisotopic (exact) mass is 340 g/mol. The van der Waals surface area contributed by atoms with E-state index >= 15 is 0 Å². The van der Waals surface area contributed by atoms with E-state index in [0.29, 0.717) is 34.8 Å². The maximum absolute atomic E-state index is 12.8. The molecule has 1 aliphatic heterocycles. The highest BCUT2D eigenvalue weighted by Crippen LogP contribution is 2.35. The van der Waals surface area contributed by atoms with Crippen molar-refractivity contribution in [2.75, 3.05) is 18.2 Å². The summed E-state index contributed by atoms with van der Waals surface area (Å²) in [6.07, 6.45) is 0. The number of carbonyl (C=O) groups excluding carboxylic acids is 1. The van der Waals surface area contributed by atoms with Crippen molar-refractivity contribution in [3.05, 3.63) is 53.0 Å². The third-order valence-corrected chi connectivity index (χ3v) is 4.15. The van der Waals surface area contributed by atoms with E-state index in [-0.39, 0.29) is 19.2 Å². The number of para-hydroxylation sites is 2. The second-order valence-electron chi connectivity index (χ2n) is 5.60. The van der Waals surface area contributed by atoms with Crippen LogP contribution in [0.4, 0.5) is 5.69 Å². The first-order valence-electron chi connectivity index (χ1n) is 7.96. The van der Waals surface area contributed by atoms with Crippen LogP contribution < -0.4 is 20.1 Å². The Morgan fingerprint density at radius 1 is 1.16 bits per heavy atom. The van der Waals surface area contributed by atoms with E-state index in [1.165, 1.54) is 4.57 Å². The fraction of sp³-hybridized carbons (Fsp3) is 0.222. The molecule has 1 aromatic heterocycles. The minimum absolute atomic E-state index is 0.0991. The van der Waals surface area contributed by atoms with Gasteiger partial charge in [0.25, 0.3) is 0 Å². The molecule has 0 unspecified atom stereocenters. The first-order valence-corrected chi connectivity index (χ1v) is 7.96. The predicted octanol–water partition coefficient (Wildman–Crippen LogP) is 2.38. The van der Waals surface area contributed by atoms with Crippen LogP contribution in [0.1, 0.15) is 6.92 Å². The van der Waals surface area contributed by atoms with Crippen molar-refractivity contribution in [1.82, 2.24) is 4.57 Å². The van der Waals surface area contributed by atoms with Crippen molar-refractivity contribution in [3.8, 4) is 11.5 Å². The van der Waals surface area contributed by atoms with Gasteiger partial charge in [-0.25, -0.2) is 4.79 Å². The van der Waals surface area contributed by atoms with Crippen molar-refractivity contribution in [1.29, 1.82) is 0 Å². The average Bonchev–Trinajstić information content (AvgIpc) is 3.20. The Morgan fingerprint density at radius 3 is 2.80 bits per heavy atom. The van der Waals surface area contributed by atoms with Gasteiger partial charge in [0.1, 0.15) is 6.54 Å². The summed E-state index contributed by atoms with van der Waals surface area (Å²) in [4.78, 5) is 26.4. The summed E-state index contributed by atoms with van der Waals surface area (Å²) in [7, 11) is 0. The molecule has 0 fully saturated rings. The highest BCUT2D eigenvalue weighted by molar-refractivity contribution is 5.94. The zero-order valence-corrected chi connectivity index (χ0v) is 13.6. The molecule has 0 atom stereocenters. The summed E-state index contributed by atoms with van der Waals surface area (Å²) in [6.45, 7) is 2.41. The summed E-state index contributed by atoms with van der Waals surface area (Å²) >= 11 is 0. The van der Waals surface area contributed by atoms with Crippen molar-refractivity contribution in [2.24, 2.45) is 0 Å². The molecule has 0 saturated heterocycles. The number of nitrogens with zero attached hydrogens (tertiary/aromatic N) is 2. The standard InChI is InChI=1S/C18H16N2O5/c1-2-19(12-7-8-15-16(9-12)24-11-23-15)17(21)10-20-13-5-3-4-6-14(13)25-18(20)22/h3-9H,2,10-11H2,1H3. The van der Waals surface area contributed by atoms with Crippen LogP contribution in [0.15, 0.2) is 51.7 Å². The first-order chi connectivity index (χ1) is 12.2. The highest BCUT2D eigenvalue weighted by Gasteiger charge is 2.21. The van der Waals surface area contributed by atoms with Gasteiger partial charge in [0.05, 0.1) is 5.52 Å². The molecule has 7 heteroatoms. The Morgan fingerprint density at radius 2 is 1.96 bits per heavy atom. The van der Waals surface area contributed by atoms with Gasteiger partial charge in [-0.2, -0.15) is 0 Å². The van der Waals surface area contributed by atoms with Crippen LogP contribution in [0.2, 0.25) is 0 Å². The molecule has 0 spiro atoms. The summed E-state index contributed by atoms with van der Waals surface area (Å²) in [6, 6.07) is 12.4. The highest BCUT2D eigenvalue weighted by atomic mass is 16.7. The van der Waals surface area contributed by atoms with E-state index in [4.69, 9.17) is 13.9 Å². The van der Waals surface area contributed by atoms with E-state index in [9.17, 15) is 9.59 Å². The number of hydrogen-bond acceptors (Lipinski definition) is 5. The fourth-order valence-corrected chi connectivity index (χ4v) is 2.94. The second-order valence-corrected chi connectivity index (χ2v) is 5.60. The Labute approximate surface area is 143 Å². The lowest BCUT2D eigenvalue weighted by Crippen LogP contribution is -2.35. The molecule has 2 aromatic carbocycles. The average molecular weight is 340 g/mol. The maximum Gasteiger partial charge on any atom is 0.420 e. The molecule has 0 saturated carbocycles. The van der Waals surface area contributed by atoms with Gasteiger partial charge in [0.2, 0.25) is 12.7 Å². The van der Waals surface area contributed by atoms with Crippen LogP contribution in [-0.2, 0) is 11.3 Å². The molecule has 0 bridgehead atoms. The van der Waals surface area contributed by atoms with E-state index in [2.05, 4.69) is 0 Å². The summed E-state index contributed by atoms with van der Waals surface area (Å²) in [5.41, 5.74) is 1.76. The molecule has 3 aromatic rings. The van der Waals surface area contributed by atoms with Gasteiger partial charge in [-0.1, -0.05) is 12.1 Å². The van der Waals surface area contributed by atoms with Crippen molar-refractivity contribution < 1.29 is 18.7 Å². The third-order valence-electron chi connectivity index (χ3n) is 4.15. The van der Waals surface area contributed by atoms with Crippen LogP contribution in [0.5, 0.6) is 11.5 Å². The van der Waals surface area contributed by atoms with Crippen LogP contribution in [0, 0.1) is 0 Å². The fourth-order valence-electron chi connectivity index (χ4n) is 2.94. The van der Waals surface area contributed by atoms with Crippen molar-refractivity contribution >= 4 is 22.7 Å². The van der Waals surface area contributed by atoms with E-state index in [1.54, 1.807) is 47.4 Å². The van der Waals surface area contributed by atoms with Crippen LogP contribution >= 0.6 is 0 Å². The smallest absolute Gasteiger partial charge is 0.420 e. The number of amides is 1. The third kappa shape index (κ3) is 2.63. The lowest BCUT2D eigenvalue weighted by atomic mass is 10.2. The Balaban J connectivity index is 1.64. The molecule has 7 nitrogen and oxygen atoms in total. The number of anilines is 1. The van der Waals surface area contributed by atoms with Crippen LogP contribution in [0.3, 0.4) is 0 Å². The van der Waals surface area contributed by atoms with Crippen LogP contribution in [-0.4, -0.2) is 23.8 Å². The number of ether oxygens (including phenoxy) is 2. The molecular weight excluding hydrogens is 324 g/mol. The Hall–Kier alpha value is -3.22. The molecule has 0 radical (unpaired) electrons. The number of oxazole rings is 1. The van der Waals surface area contributed by atoms with Gasteiger partial charge < -0.3 is 18.8 Å². The molecule has 0 aliphatic carbocycles. The Kier molecular flexibility index (Phi) is 3.68. The number of hydrogen-bond donors (Lipinski definition) is 0. The quantitative estimate of drug-likeness (QED) is 0.729. The van der Waals surface area contributed by atoms with E-state index in [1.807, 2.05) is 6.92 Å². The van der Waals surface area contributed by atoms with Crippen molar-refractivity contribution in [3.63, 3.8) is 0 Å². The van der Waals surface area contributed by atoms with Crippen LogP contribution in [0.25, 0.3) is 11.1 Å². The largest absolute Gasteiger partial charge is 0.454 e. The molecule has 1 aliphatic rings. The molecule has 1 amide bonds. The van der Waals surface area contributed by atoms with Gasteiger partial charge in [-0.3, -0.25) is 9.36 Å². The molecule has 25 heavy (non-hydrogen) atoms. The first kappa shape index (κ1) is 15.3. The van der Waals surface area contributed by atoms with E-state index in [0.717, 1.165) is 0 Å². The Bertz CT molecular complexity index is 1000. The number of aromatic nitrogens is 1. The minimum Gasteiger partial charge on any atom is -0.454 e. The minimum atomic E-state index is -0.545. The summed E-state index contributed by atoms with van der Waals surface area (Å²) in [5, 5.41) is 0. The maximum atomic E-state index is 12.8. The topological polar surface area (TPSA) is 73.9 Å². The molecule has 4 rings (SSSR count). The number of rotatable bonds is 4. The van der Waals surface area contributed by atoms with E-state index < -0.39 is 5.76 Å². The van der Waals surface area contributed by atoms with Gasteiger partial charge in [0, 0.05) is 18.3 Å². The van der Waals surface area contributed by atoms with Crippen molar-refractivity contribution in [2.45, 2.75) is 13.5 Å². The zero-order chi connectivity index (χ0) is 17.4.